The van der Waals surface area contributed by atoms with E-state index in [0.29, 0.717) is 25.2 Å². The number of benzene rings is 1. The first-order valence-electron chi connectivity index (χ1n) is 6.33. The zero-order valence-electron chi connectivity index (χ0n) is 11.4. The predicted molar refractivity (Wildman–Crippen MR) is 79.5 cm³/mol. The molecule has 0 bridgehead atoms. The molecule has 1 N–H and O–H groups in total. The fraction of sp³-hybridized carbons (Fsp3) is 0.462. The van der Waals surface area contributed by atoms with Crippen LogP contribution in [0.4, 0.5) is 17.6 Å². The minimum Gasteiger partial charge on any atom is -0.332 e. The van der Waals surface area contributed by atoms with Crippen LogP contribution < -0.4 is 5.32 Å². The lowest BCUT2D eigenvalue weighted by Crippen LogP contribution is -2.49. The van der Waals surface area contributed by atoms with Gasteiger partial charge in [-0.1, -0.05) is 12.1 Å². The summed E-state index contributed by atoms with van der Waals surface area (Å²) in [6.45, 7) is 1.21. The third kappa shape index (κ3) is 5.33. The van der Waals surface area contributed by atoms with E-state index in [1.807, 2.05) is 0 Å². The van der Waals surface area contributed by atoms with Gasteiger partial charge in [0.15, 0.2) is 0 Å². The number of halogens is 5. The Labute approximate surface area is 135 Å². The lowest BCUT2D eigenvalue weighted by molar-refractivity contribution is -0.131. The first-order valence-corrected chi connectivity index (χ1v) is 7.32. The van der Waals surface area contributed by atoms with E-state index in [9.17, 15) is 22.4 Å². The second kappa shape index (κ2) is 8.03. The quantitative estimate of drug-likeness (QED) is 0.843. The second-order valence-corrected chi connectivity index (χ2v) is 5.64. The van der Waals surface area contributed by atoms with E-state index < -0.39 is 29.0 Å². The molecular weight excluding hydrogens is 344 g/mol. The number of amides is 1. The molecule has 1 aliphatic rings. The fourth-order valence-corrected chi connectivity index (χ4v) is 2.69. The summed E-state index contributed by atoms with van der Waals surface area (Å²) in [5.74, 6) is -1.68. The van der Waals surface area contributed by atoms with Crippen LogP contribution in [0.25, 0.3) is 0 Å². The van der Waals surface area contributed by atoms with Crippen molar-refractivity contribution in [1.82, 2.24) is 10.2 Å². The smallest absolute Gasteiger partial charge is 0.332 e. The van der Waals surface area contributed by atoms with Crippen LogP contribution >= 0.6 is 24.2 Å². The summed E-state index contributed by atoms with van der Waals surface area (Å²) in [4.78, 5) is 13.4. The van der Waals surface area contributed by atoms with Crippen LogP contribution in [-0.2, 0) is 4.79 Å². The van der Waals surface area contributed by atoms with E-state index in [0.717, 1.165) is 0 Å². The van der Waals surface area contributed by atoms with Gasteiger partial charge in [-0.15, -0.1) is 12.4 Å². The Balaban J connectivity index is 0.00000242. The first-order chi connectivity index (χ1) is 9.87. The Hall–Kier alpha value is -0.990. The van der Waals surface area contributed by atoms with Crippen molar-refractivity contribution < 1.29 is 22.4 Å². The zero-order valence-corrected chi connectivity index (χ0v) is 13.0. The van der Waals surface area contributed by atoms with Crippen molar-refractivity contribution in [3.05, 3.63) is 35.6 Å². The summed E-state index contributed by atoms with van der Waals surface area (Å²) in [7, 11) is 0. The summed E-state index contributed by atoms with van der Waals surface area (Å²) < 4.78 is 49.8. The van der Waals surface area contributed by atoms with Gasteiger partial charge < -0.3 is 10.2 Å². The van der Waals surface area contributed by atoms with Gasteiger partial charge in [0.25, 0.3) is 0 Å². The molecule has 0 spiro atoms. The van der Waals surface area contributed by atoms with Crippen molar-refractivity contribution >= 4 is 30.1 Å². The average Bonchev–Trinajstić information content (AvgIpc) is 2.44. The molecule has 22 heavy (non-hydrogen) atoms. The summed E-state index contributed by atoms with van der Waals surface area (Å²) >= 11 is -0.350. The Kier molecular flexibility index (Phi) is 6.96. The normalized spacial score (nSPS) is 18.7. The van der Waals surface area contributed by atoms with Crippen molar-refractivity contribution in [3.8, 4) is 0 Å². The number of carbonyl (C=O) groups is 1. The minimum absolute atomic E-state index is 0. The molecule has 3 nitrogen and oxygen atoms in total. The highest BCUT2D eigenvalue weighted by Gasteiger charge is 2.33. The number of nitrogens with zero attached hydrogens (tertiary/aromatic N) is 1. The van der Waals surface area contributed by atoms with Gasteiger partial charge in [-0.25, -0.2) is 4.39 Å². The standard InChI is InChI=1S/C13H14F4N2OS.ClH/c14-10-3-1-2-9(6-10)11-7-18-4-5-19(11)12(20)8-21-13(15,16)17;/h1-3,6,11,18H,4-5,7-8H2;1H. The Morgan fingerprint density at radius 1 is 1.41 bits per heavy atom. The zero-order chi connectivity index (χ0) is 15.5. The average molecular weight is 359 g/mol. The molecule has 0 aromatic heterocycles. The highest BCUT2D eigenvalue weighted by atomic mass is 35.5. The molecule has 0 radical (unpaired) electrons. The lowest BCUT2D eigenvalue weighted by atomic mass is 10.0. The number of thioether (sulfide) groups is 1. The second-order valence-electron chi connectivity index (χ2n) is 4.60. The molecule has 124 valence electrons. The molecule has 1 fully saturated rings. The number of hydrogen-bond donors (Lipinski definition) is 1. The summed E-state index contributed by atoms with van der Waals surface area (Å²) in [6.07, 6.45) is 0. The van der Waals surface area contributed by atoms with Crippen molar-refractivity contribution in [2.75, 3.05) is 25.4 Å². The summed E-state index contributed by atoms with van der Waals surface area (Å²) in [6, 6.07) is 5.32. The van der Waals surface area contributed by atoms with Crippen molar-refractivity contribution in [2.45, 2.75) is 11.6 Å². The van der Waals surface area contributed by atoms with Crippen LogP contribution in [0.15, 0.2) is 24.3 Å². The van der Waals surface area contributed by atoms with Gasteiger partial charge in [-0.05, 0) is 29.5 Å². The molecule has 9 heteroatoms. The fourth-order valence-electron chi connectivity index (χ4n) is 2.24. The van der Waals surface area contributed by atoms with Crippen LogP contribution in [0, 0.1) is 5.82 Å². The number of hydrogen-bond acceptors (Lipinski definition) is 3. The molecular formula is C13H15ClF4N2OS. The molecule has 1 aliphatic heterocycles. The van der Waals surface area contributed by atoms with Crippen molar-refractivity contribution in [2.24, 2.45) is 0 Å². The Bertz CT molecular complexity index is 515. The van der Waals surface area contributed by atoms with Gasteiger partial charge in [-0.3, -0.25) is 4.79 Å². The monoisotopic (exact) mass is 358 g/mol. The number of alkyl halides is 3. The van der Waals surface area contributed by atoms with Crippen molar-refractivity contribution in [3.63, 3.8) is 0 Å². The lowest BCUT2D eigenvalue weighted by Gasteiger charge is -2.36. The number of nitrogens with one attached hydrogen (secondary N) is 1. The number of carbonyl (C=O) groups excluding carboxylic acids is 1. The first kappa shape index (κ1) is 19.1. The van der Waals surface area contributed by atoms with E-state index in [4.69, 9.17) is 0 Å². The number of rotatable bonds is 3. The molecule has 0 saturated carbocycles. The minimum atomic E-state index is -4.43. The van der Waals surface area contributed by atoms with Gasteiger partial charge in [0, 0.05) is 19.6 Å². The highest BCUT2D eigenvalue weighted by molar-refractivity contribution is 8.00. The topological polar surface area (TPSA) is 32.3 Å². The molecule has 1 heterocycles. The van der Waals surface area contributed by atoms with Crippen molar-refractivity contribution in [1.29, 1.82) is 0 Å². The molecule has 1 aromatic rings. The van der Waals surface area contributed by atoms with Crippen LogP contribution in [0.2, 0.25) is 0 Å². The van der Waals surface area contributed by atoms with Crippen LogP contribution in [0.3, 0.4) is 0 Å². The van der Waals surface area contributed by atoms with Gasteiger partial charge in [0.05, 0.1) is 11.8 Å². The number of piperazine rings is 1. The van der Waals surface area contributed by atoms with Crippen LogP contribution in [0.5, 0.6) is 0 Å². The van der Waals surface area contributed by atoms with E-state index in [-0.39, 0.29) is 24.2 Å². The SMILES string of the molecule is Cl.O=C(CSC(F)(F)F)N1CCNCC1c1cccc(F)c1. The molecule has 1 aromatic carbocycles. The summed E-state index contributed by atoms with van der Waals surface area (Å²) in [5, 5.41) is 3.06. The Morgan fingerprint density at radius 2 is 2.14 bits per heavy atom. The highest BCUT2D eigenvalue weighted by Crippen LogP contribution is 2.31. The summed E-state index contributed by atoms with van der Waals surface area (Å²) in [5.41, 5.74) is -3.86. The maximum absolute atomic E-state index is 13.3. The van der Waals surface area contributed by atoms with E-state index >= 15 is 0 Å². The Morgan fingerprint density at radius 3 is 2.77 bits per heavy atom. The van der Waals surface area contributed by atoms with E-state index in [1.54, 1.807) is 6.07 Å². The predicted octanol–water partition coefficient (Wildman–Crippen LogP) is 2.97. The molecule has 1 atom stereocenters. The molecule has 1 amide bonds. The van der Waals surface area contributed by atoms with Gasteiger partial charge in [0.2, 0.25) is 5.91 Å². The van der Waals surface area contributed by atoms with Gasteiger partial charge >= 0.3 is 5.51 Å². The maximum Gasteiger partial charge on any atom is 0.442 e. The van der Waals surface area contributed by atoms with Gasteiger partial charge in [-0.2, -0.15) is 13.2 Å². The van der Waals surface area contributed by atoms with Crippen LogP contribution in [0.1, 0.15) is 11.6 Å². The van der Waals surface area contributed by atoms with E-state index in [1.165, 1.54) is 23.1 Å². The largest absolute Gasteiger partial charge is 0.442 e. The third-order valence-electron chi connectivity index (χ3n) is 3.16. The molecule has 1 saturated heterocycles. The van der Waals surface area contributed by atoms with Gasteiger partial charge in [0.1, 0.15) is 5.82 Å². The van der Waals surface area contributed by atoms with E-state index in [2.05, 4.69) is 5.32 Å². The third-order valence-corrected chi connectivity index (χ3v) is 3.88. The maximum atomic E-state index is 13.3. The molecule has 1 unspecified atom stereocenters. The van der Waals surface area contributed by atoms with Crippen LogP contribution in [-0.4, -0.2) is 41.7 Å². The molecule has 2 rings (SSSR count). The molecule has 0 aliphatic carbocycles.